The van der Waals surface area contributed by atoms with Gasteiger partial charge in [0.05, 0.1) is 6.67 Å². The number of halogens is 1. The van der Waals surface area contributed by atoms with E-state index in [1.54, 1.807) is 0 Å². The zero-order valence-electron chi connectivity index (χ0n) is 22.9. The summed E-state index contributed by atoms with van der Waals surface area (Å²) in [6.45, 7) is 26.3. The number of hydrogen-bond donors (Lipinski definition) is 0. The lowest BCUT2D eigenvalue weighted by Gasteiger charge is -2.44. The third-order valence-electron chi connectivity index (χ3n) is 9.25. The summed E-state index contributed by atoms with van der Waals surface area (Å²) in [5.74, 6) is 4.30. The molecule has 0 radical (unpaired) electrons. The molecule has 0 aromatic rings. The summed E-state index contributed by atoms with van der Waals surface area (Å²) in [5.41, 5.74) is 0.866. The van der Waals surface area contributed by atoms with Crippen molar-refractivity contribution in [3.63, 3.8) is 0 Å². The van der Waals surface area contributed by atoms with Crippen LogP contribution in [0.4, 0.5) is 4.39 Å². The SMILES string of the molecule is CCC(C)(CC)C(CCCC(C)C(C)(C)C)C(CCCC(C)C(C)CCF)C(C)C. The van der Waals surface area contributed by atoms with Crippen LogP contribution in [0.1, 0.15) is 134 Å². The first-order valence-corrected chi connectivity index (χ1v) is 13.4. The molecule has 1 heteroatoms. The standard InChI is InChI=1S/C29H59F/c1-12-29(11,13-2)27(19-15-17-25(7)28(8,9)10)26(22(3)4)18-14-16-23(5)24(6)20-21-30/h22-27H,12-21H2,1-11H3. The lowest BCUT2D eigenvalue weighted by molar-refractivity contribution is 0.0594. The van der Waals surface area contributed by atoms with Gasteiger partial charge < -0.3 is 0 Å². The van der Waals surface area contributed by atoms with Crippen LogP contribution in [-0.4, -0.2) is 6.67 Å². The van der Waals surface area contributed by atoms with Crippen LogP contribution in [0.5, 0.6) is 0 Å². The van der Waals surface area contributed by atoms with Crippen LogP contribution in [0.15, 0.2) is 0 Å². The minimum Gasteiger partial charge on any atom is -0.251 e. The summed E-state index contributed by atoms with van der Waals surface area (Å²) in [7, 11) is 0. The van der Waals surface area contributed by atoms with Crippen LogP contribution in [0.2, 0.25) is 0 Å². The molecule has 0 nitrogen and oxygen atoms in total. The van der Waals surface area contributed by atoms with Gasteiger partial charge in [0.15, 0.2) is 0 Å². The first-order valence-electron chi connectivity index (χ1n) is 13.4. The number of rotatable bonds is 16. The van der Waals surface area contributed by atoms with E-state index >= 15 is 0 Å². The molecule has 30 heavy (non-hydrogen) atoms. The highest BCUT2D eigenvalue weighted by Gasteiger charge is 2.37. The first-order chi connectivity index (χ1) is 13.8. The van der Waals surface area contributed by atoms with E-state index in [9.17, 15) is 4.39 Å². The predicted molar refractivity (Wildman–Crippen MR) is 136 cm³/mol. The molecule has 5 atom stereocenters. The Morgan fingerprint density at radius 2 is 1.17 bits per heavy atom. The van der Waals surface area contributed by atoms with Crippen molar-refractivity contribution in [1.82, 2.24) is 0 Å². The Labute approximate surface area is 191 Å². The fraction of sp³-hybridized carbons (Fsp3) is 1.00. The van der Waals surface area contributed by atoms with Crippen molar-refractivity contribution in [2.75, 3.05) is 6.67 Å². The van der Waals surface area contributed by atoms with Gasteiger partial charge in [0.25, 0.3) is 0 Å². The van der Waals surface area contributed by atoms with Crippen LogP contribution in [0.3, 0.4) is 0 Å². The van der Waals surface area contributed by atoms with E-state index in [0.29, 0.717) is 22.7 Å². The van der Waals surface area contributed by atoms with Crippen LogP contribution >= 0.6 is 0 Å². The summed E-state index contributed by atoms with van der Waals surface area (Å²) in [6, 6.07) is 0. The third-order valence-corrected chi connectivity index (χ3v) is 9.25. The molecule has 0 rings (SSSR count). The quantitative estimate of drug-likeness (QED) is 0.230. The summed E-state index contributed by atoms with van der Waals surface area (Å²) in [6.07, 6.45) is 11.3. The van der Waals surface area contributed by atoms with Crippen molar-refractivity contribution in [2.24, 2.45) is 46.3 Å². The fourth-order valence-electron chi connectivity index (χ4n) is 5.35. The Balaban J connectivity index is 5.19. The van der Waals surface area contributed by atoms with E-state index in [2.05, 4.69) is 76.2 Å². The monoisotopic (exact) mass is 426 g/mol. The predicted octanol–water partition coefficient (Wildman–Crippen LogP) is 10.4. The largest absolute Gasteiger partial charge is 0.251 e. The van der Waals surface area contributed by atoms with Gasteiger partial charge in [0.2, 0.25) is 0 Å². The molecule has 0 aromatic heterocycles. The highest BCUT2D eigenvalue weighted by Crippen LogP contribution is 2.47. The Bertz CT molecular complexity index is 415. The average molecular weight is 427 g/mol. The van der Waals surface area contributed by atoms with Crippen molar-refractivity contribution in [2.45, 2.75) is 134 Å². The molecule has 0 aliphatic rings. The van der Waals surface area contributed by atoms with E-state index in [4.69, 9.17) is 0 Å². The van der Waals surface area contributed by atoms with Gasteiger partial charge in [0.1, 0.15) is 0 Å². The summed E-state index contributed by atoms with van der Waals surface area (Å²) in [4.78, 5) is 0. The van der Waals surface area contributed by atoms with E-state index < -0.39 is 0 Å². The minimum absolute atomic E-state index is 0.166. The van der Waals surface area contributed by atoms with E-state index in [0.717, 1.165) is 30.1 Å². The summed E-state index contributed by atoms with van der Waals surface area (Å²) in [5, 5.41) is 0. The Morgan fingerprint density at radius 3 is 1.60 bits per heavy atom. The molecular weight excluding hydrogens is 367 g/mol. The van der Waals surface area contributed by atoms with Crippen LogP contribution in [0, 0.1) is 46.3 Å². The normalized spacial score (nSPS) is 18.3. The van der Waals surface area contributed by atoms with Gasteiger partial charge in [-0.3, -0.25) is 4.39 Å². The summed E-state index contributed by atoms with van der Waals surface area (Å²) < 4.78 is 12.7. The second-order valence-electron chi connectivity index (χ2n) is 12.4. The molecule has 0 amide bonds. The topological polar surface area (TPSA) is 0 Å². The molecule has 5 unspecified atom stereocenters. The van der Waals surface area contributed by atoms with Gasteiger partial charge in [-0.15, -0.1) is 0 Å². The van der Waals surface area contributed by atoms with Gasteiger partial charge in [-0.25, -0.2) is 0 Å². The zero-order chi connectivity index (χ0) is 23.5. The molecule has 0 N–H and O–H groups in total. The van der Waals surface area contributed by atoms with E-state index in [-0.39, 0.29) is 6.67 Å². The van der Waals surface area contributed by atoms with Crippen molar-refractivity contribution in [3.05, 3.63) is 0 Å². The van der Waals surface area contributed by atoms with Gasteiger partial charge in [-0.2, -0.15) is 0 Å². The fourth-order valence-corrected chi connectivity index (χ4v) is 5.35. The molecule has 0 bridgehead atoms. The molecule has 0 spiro atoms. The zero-order valence-corrected chi connectivity index (χ0v) is 22.9. The number of alkyl halides is 1. The molecule has 0 aliphatic heterocycles. The van der Waals surface area contributed by atoms with E-state index in [1.165, 1.54) is 51.4 Å². The molecule has 0 heterocycles. The van der Waals surface area contributed by atoms with Crippen LogP contribution in [0.25, 0.3) is 0 Å². The highest BCUT2D eigenvalue weighted by atomic mass is 19.1. The molecule has 0 aliphatic carbocycles. The smallest absolute Gasteiger partial charge is 0.0897 e. The maximum absolute atomic E-state index is 12.7. The van der Waals surface area contributed by atoms with Gasteiger partial charge in [0, 0.05) is 0 Å². The molecule has 0 saturated carbocycles. The third kappa shape index (κ3) is 10.0. The molecular formula is C29H59F. The maximum Gasteiger partial charge on any atom is 0.0897 e. The van der Waals surface area contributed by atoms with Crippen LogP contribution in [-0.2, 0) is 0 Å². The molecule has 0 aromatic carbocycles. The highest BCUT2D eigenvalue weighted by molar-refractivity contribution is 4.87. The van der Waals surface area contributed by atoms with Crippen molar-refractivity contribution < 1.29 is 4.39 Å². The maximum atomic E-state index is 12.7. The second kappa shape index (κ2) is 14.2. The van der Waals surface area contributed by atoms with Gasteiger partial charge in [-0.05, 0) is 65.6 Å². The van der Waals surface area contributed by atoms with Crippen LogP contribution < -0.4 is 0 Å². The van der Waals surface area contributed by atoms with Crippen molar-refractivity contribution >= 4 is 0 Å². The molecule has 0 saturated heterocycles. The minimum atomic E-state index is -0.166. The first kappa shape index (κ1) is 29.9. The van der Waals surface area contributed by atoms with E-state index in [1.807, 2.05) is 0 Å². The van der Waals surface area contributed by atoms with Crippen molar-refractivity contribution in [1.29, 1.82) is 0 Å². The van der Waals surface area contributed by atoms with Crippen molar-refractivity contribution in [3.8, 4) is 0 Å². The Hall–Kier alpha value is -0.0700. The lowest BCUT2D eigenvalue weighted by atomic mass is 9.61. The number of hydrogen-bond acceptors (Lipinski definition) is 0. The Kier molecular flexibility index (Phi) is 14.1. The second-order valence-corrected chi connectivity index (χ2v) is 12.4. The average Bonchev–Trinajstić information content (AvgIpc) is 2.67. The Morgan fingerprint density at radius 1 is 0.667 bits per heavy atom. The van der Waals surface area contributed by atoms with Gasteiger partial charge in [-0.1, -0.05) is 115 Å². The lowest BCUT2D eigenvalue weighted by Crippen LogP contribution is -2.35. The van der Waals surface area contributed by atoms with Gasteiger partial charge >= 0.3 is 0 Å². The molecule has 0 fully saturated rings. The summed E-state index contributed by atoms with van der Waals surface area (Å²) >= 11 is 0. The molecule has 182 valence electrons.